The van der Waals surface area contributed by atoms with Gasteiger partial charge in [0.05, 0.1) is 16.0 Å². The molecule has 0 bridgehead atoms. The minimum absolute atomic E-state index is 0.0396. The van der Waals surface area contributed by atoms with Crippen molar-refractivity contribution in [1.82, 2.24) is 4.90 Å². The van der Waals surface area contributed by atoms with Gasteiger partial charge in [0.2, 0.25) is 0 Å². The Bertz CT molecular complexity index is 333. The number of nitrogens with zero attached hydrogens (tertiary/aromatic N) is 1. The second-order valence-electron chi connectivity index (χ2n) is 2.99. The predicted molar refractivity (Wildman–Crippen MR) is 51.2 cm³/mol. The third-order valence-corrected chi connectivity index (χ3v) is 3.19. The van der Waals surface area contributed by atoms with Crippen LogP contribution in [-0.4, -0.2) is 35.1 Å². The van der Waals surface area contributed by atoms with Gasteiger partial charge in [-0.3, -0.25) is 4.79 Å². The number of carbonyl (C=O) groups is 1. The molecule has 1 fully saturated rings. The molecule has 0 spiro atoms. The Morgan fingerprint density at radius 2 is 2.38 bits per heavy atom. The molecule has 13 heavy (non-hydrogen) atoms. The minimum Gasteiger partial charge on any atom is -0.389 e. The summed E-state index contributed by atoms with van der Waals surface area (Å²) in [5.41, 5.74) is 0. The molecule has 1 aliphatic heterocycles. The maximum absolute atomic E-state index is 11.6. The van der Waals surface area contributed by atoms with Gasteiger partial charge in [-0.15, -0.1) is 11.3 Å². The smallest absolute Gasteiger partial charge is 0.264 e. The Morgan fingerprint density at radius 3 is 2.85 bits per heavy atom. The summed E-state index contributed by atoms with van der Waals surface area (Å²) in [6, 6.07) is 1.65. The van der Waals surface area contributed by atoms with Gasteiger partial charge in [0.1, 0.15) is 0 Å². The van der Waals surface area contributed by atoms with E-state index in [1.165, 1.54) is 11.3 Å². The lowest BCUT2D eigenvalue weighted by molar-refractivity contribution is 0.00623. The summed E-state index contributed by atoms with van der Waals surface area (Å²) in [7, 11) is 0. The fraction of sp³-hybridized carbons (Fsp3) is 0.375. The number of amides is 1. The van der Waals surface area contributed by atoms with E-state index >= 15 is 0 Å². The third kappa shape index (κ3) is 1.70. The summed E-state index contributed by atoms with van der Waals surface area (Å²) in [6.07, 6.45) is -0.348. The van der Waals surface area contributed by atoms with Gasteiger partial charge in [-0.2, -0.15) is 0 Å². The molecule has 1 aromatic heterocycles. The molecule has 0 aromatic carbocycles. The first kappa shape index (κ1) is 8.99. The molecule has 1 N–H and O–H groups in total. The van der Waals surface area contributed by atoms with Crippen LogP contribution in [0.15, 0.2) is 11.4 Å². The van der Waals surface area contributed by atoms with E-state index in [2.05, 4.69) is 0 Å². The van der Waals surface area contributed by atoms with Gasteiger partial charge in [-0.05, 0) is 6.07 Å². The highest BCUT2D eigenvalue weighted by Gasteiger charge is 2.29. The predicted octanol–water partition coefficient (Wildman–Crippen LogP) is 1.22. The van der Waals surface area contributed by atoms with E-state index in [0.29, 0.717) is 23.0 Å². The third-order valence-electron chi connectivity index (χ3n) is 1.93. The lowest BCUT2D eigenvalue weighted by atomic mass is 10.1. The van der Waals surface area contributed by atoms with Gasteiger partial charge in [0.25, 0.3) is 5.91 Å². The fourth-order valence-corrected chi connectivity index (χ4v) is 2.24. The molecule has 70 valence electrons. The number of hydrogen-bond donors (Lipinski definition) is 1. The van der Waals surface area contributed by atoms with E-state index < -0.39 is 0 Å². The van der Waals surface area contributed by atoms with Crippen LogP contribution in [0, 0.1) is 0 Å². The molecule has 3 nitrogen and oxygen atoms in total. The average molecular weight is 218 g/mol. The van der Waals surface area contributed by atoms with Crippen LogP contribution in [0.2, 0.25) is 5.02 Å². The maximum atomic E-state index is 11.6. The molecule has 0 unspecified atom stereocenters. The minimum atomic E-state index is -0.348. The number of carbonyl (C=O) groups excluding carboxylic acids is 1. The van der Waals surface area contributed by atoms with Crippen LogP contribution in [0.1, 0.15) is 9.67 Å². The Labute approximate surface area is 84.5 Å². The maximum Gasteiger partial charge on any atom is 0.264 e. The second-order valence-corrected chi connectivity index (χ2v) is 4.34. The van der Waals surface area contributed by atoms with E-state index in [1.807, 2.05) is 0 Å². The molecule has 1 aliphatic rings. The van der Waals surface area contributed by atoms with Gasteiger partial charge < -0.3 is 10.0 Å². The monoisotopic (exact) mass is 217 g/mol. The SMILES string of the molecule is O=C(c1cc(Cl)cs1)N1CC(O)C1. The van der Waals surface area contributed by atoms with Crippen LogP contribution in [0.5, 0.6) is 0 Å². The summed E-state index contributed by atoms with van der Waals surface area (Å²) in [6.45, 7) is 0.878. The van der Waals surface area contributed by atoms with Gasteiger partial charge in [-0.25, -0.2) is 0 Å². The molecule has 5 heteroatoms. The Balaban J connectivity index is 2.06. The molecule has 1 saturated heterocycles. The number of thiophene rings is 1. The van der Waals surface area contributed by atoms with Crippen molar-refractivity contribution < 1.29 is 9.90 Å². The van der Waals surface area contributed by atoms with E-state index in [4.69, 9.17) is 16.7 Å². The number of halogens is 1. The van der Waals surface area contributed by atoms with E-state index in [9.17, 15) is 4.79 Å². The highest BCUT2D eigenvalue weighted by Crippen LogP contribution is 2.22. The molecule has 1 aromatic rings. The van der Waals surface area contributed by atoms with Crippen LogP contribution in [0.4, 0.5) is 0 Å². The van der Waals surface area contributed by atoms with Crippen LogP contribution < -0.4 is 0 Å². The quantitative estimate of drug-likeness (QED) is 0.769. The first-order chi connectivity index (χ1) is 6.16. The Hall–Kier alpha value is -0.580. The van der Waals surface area contributed by atoms with Crippen LogP contribution in [-0.2, 0) is 0 Å². The molecule has 0 aliphatic carbocycles. The normalized spacial score (nSPS) is 17.2. The summed E-state index contributed by atoms with van der Waals surface area (Å²) < 4.78 is 0. The first-order valence-electron chi connectivity index (χ1n) is 3.88. The van der Waals surface area contributed by atoms with Gasteiger partial charge in [0, 0.05) is 18.5 Å². The highest BCUT2D eigenvalue weighted by molar-refractivity contribution is 7.12. The lowest BCUT2D eigenvalue weighted by Crippen LogP contribution is -2.53. The van der Waals surface area contributed by atoms with Crippen molar-refractivity contribution in [2.75, 3.05) is 13.1 Å². The largest absolute Gasteiger partial charge is 0.389 e. The number of likely N-dealkylation sites (tertiary alicyclic amines) is 1. The summed E-state index contributed by atoms with van der Waals surface area (Å²) in [5, 5.41) is 11.3. The average Bonchev–Trinajstić information content (AvgIpc) is 2.45. The standard InChI is InChI=1S/C8H8ClNO2S/c9-5-1-7(13-4-5)8(12)10-2-6(11)3-10/h1,4,6,11H,2-3H2. The Morgan fingerprint density at radius 1 is 1.69 bits per heavy atom. The highest BCUT2D eigenvalue weighted by atomic mass is 35.5. The van der Waals surface area contributed by atoms with Crippen molar-refractivity contribution in [3.05, 3.63) is 21.3 Å². The zero-order chi connectivity index (χ0) is 9.42. The van der Waals surface area contributed by atoms with Crippen molar-refractivity contribution >= 4 is 28.8 Å². The van der Waals surface area contributed by atoms with Gasteiger partial charge in [0.15, 0.2) is 0 Å². The van der Waals surface area contributed by atoms with Crippen LogP contribution >= 0.6 is 22.9 Å². The number of aliphatic hydroxyl groups is 1. The molecule has 0 saturated carbocycles. The first-order valence-corrected chi connectivity index (χ1v) is 5.14. The summed E-state index contributed by atoms with van der Waals surface area (Å²) in [4.78, 5) is 13.8. The van der Waals surface area contributed by atoms with E-state index in [1.54, 1.807) is 16.3 Å². The molecule has 1 amide bonds. The number of hydrogen-bond acceptors (Lipinski definition) is 3. The van der Waals surface area contributed by atoms with Crippen molar-refractivity contribution in [2.45, 2.75) is 6.10 Å². The molecular weight excluding hydrogens is 210 g/mol. The zero-order valence-corrected chi connectivity index (χ0v) is 8.31. The van der Waals surface area contributed by atoms with Crippen molar-refractivity contribution in [3.63, 3.8) is 0 Å². The molecule has 2 heterocycles. The summed E-state index contributed by atoms with van der Waals surface area (Å²) in [5.74, 6) is -0.0396. The Kier molecular flexibility index (Phi) is 2.27. The molecule has 0 radical (unpaired) electrons. The van der Waals surface area contributed by atoms with Crippen molar-refractivity contribution in [1.29, 1.82) is 0 Å². The zero-order valence-electron chi connectivity index (χ0n) is 6.74. The number of aliphatic hydroxyl groups excluding tert-OH is 1. The summed E-state index contributed by atoms with van der Waals surface area (Å²) >= 11 is 7.02. The van der Waals surface area contributed by atoms with Crippen LogP contribution in [0.3, 0.4) is 0 Å². The molecule has 0 atom stereocenters. The van der Waals surface area contributed by atoms with Gasteiger partial charge >= 0.3 is 0 Å². The topological polar surface area (TPSA) is 40.5 Å². The van der Waals surface area contributed by atoms with E-state index in [-0.39, 0.29) is 12.0 Å². The fourth-order valence-electron chi connectivity index (χ4n) is 1.20. The number of β-amino-alcohol motifs (C(OH)–C–C–N with tert-alkyl or cyclic N) is 1. The van der Waals surface area contributed by atoms with E-state index in [0.717, 1.165) is 0 Å². The molecule has 2 rings (SSSR count). The van der Waals surface area contributed by atoms with Crippen molar-refractivity contribution in [2.24, 2.45) is 0 Å². The number of rotatable bonds is 1. The van der Waals surface area contributed by atoms with Crippen LogP contribution in [0.25, 0.3) is 0 Å². The lowest BCUT2D eigenvalue weighted by Gasteiger charge is -2.35. The van der Waals surface area contributed by atoms with Gasteiger partial charge in [-0.1, -0.05) is 11.6 Å². The van der Waals surface area contributed by atoms with Crippen molar-refractivity contribution in [3.8, 4) is 0 Å². The molecular formula is C8H8ClNO2S. The second kappa shape index (κ2) is 3.29.